The molecule has 0 heterocycles. The molecule has 0 unspecified atom stereocenters. The summed E-state index contributed by atoms with van der Waals surface area (Å²) in [7, 11) is 4.64. The van der Waals surface area contributed by atoms with E-state index in [4.69, 9.17) is 95.7 Å². The molecule has 0 rings (SSSR count). The van der Waals surface area contributed by atoms with Crippen LogP contribution in [0.15, 0.2) is 0 Å². The second kappa shape index (κ2) is 62.7. The third-order valence-corrected chi connectivity index (χ3v) is 10.0. The lowest BCUT2D eigenvalue weighted by molar-refractivity contribution is -0.130. The van der Waals surface area contributed by atoms with E-state index in [0.717, 1.165) is 0 Å². The zero-order valence-corrected chi connectivity index (χ0v) is 47.9. The number of amides is 4. The molecule has 28 heteroatoms. The molecule has 0 fully saturated rings. The molecule has 28 nitrogen and oxygen atoms in total. The number of rotatable bonds is 66. The monoisotopic (exact) mass is 1150 g/mol. The highest BCUT2D eigenvalue weighted by molar-refractivity contribution is 5.77. The molecule has 0 atom stereocenters. The Morgan fingerprint density at radius 1 is 0.278 bits per heavy atom. The summed E-state index contributed by atoms with van der Waals surface area (Å²) >= 11 is 0. The first kappa shape index (κ1) is 76.1. The van der Waals surface area contributed by atoms with Gasteiger partial charge in [-0.3, -0.25) is 19.2 Å². The van der Waals surface area contributed by atoms with E-state index in [1.165, 1.54) is 0 Å². The Morgan fingerprint density at radius 3 is 0.747 bits per heavy atom. The minimum Gasteiger partial charge on any atom is -0.384 e. The van der Waals surface area contributed by atoms with Crippen LogP contribution in [0.2, 0.25) is 0 Å². The standard InChI is InChI=1S/C51H101N5O23/c1-61-12-4-47(57)53-9-17-66-22-27-71-32-35-74-38-41-77-44-51(56-50(60)7-15-64-20-25-69-30-31-70-26-21-65-16-8-52,45-78-42-39-75-36-33-72-28-23-67-18-10-54-48(58)5-13-62-2)46-79-43-40-76-37-34-73-29-24-68-19-11-55-49(59)6-14-63-3/h4-46,52H2,1-3H3,(H,53,57)(H,54,58)(H,55,59)(H,56,60). The molecule has 0 bridgehead atoms. The highest BCUT2D eigenvalue weighted by Gasteiger charge is 2.34. The molecule has 0 aromatic rings. The van der Waals surface area contributed by atoms with Crippen molar-refractivity contribution >= 4 is 23.6 Å². The second-order valence-electron chi connectivity index (χ2n) is 16.8. The molecule has 468 valence electrons. The minimum atomic E-state index is -1.13. The fraction of sp³-hybridized carbons (Fsp3) is 0.922. The summed E-state index contributed by atoms with van der Waals surface area (Å²) < 4.78 is 105. The predicted molar refractivity (Wildman–Crippen MR) is 286 cm³/mol. The van der Waals surface area contributed by atoms with Gasteiger partial charge >= 0.3 is 0 Å². The Bertz CT molecular complexity index is 1220. The summed E-state index contributed by atoms with van der Waals surface area (Å²) in [5.41, 5.74) is 4.28. The molecule has 0 saturated heterocycles. The van der Waals surface area contributed by atoms with Gasteiger partial charge in [-0.05, 0) is 0 Å². The van der Waals surface area contributed by atoms with Gasteiger partial charge in [-0.1, -0.05) is 0 Å². The van der Waals surface area contributed by atoms with E-state index < -0.39 is 5.54 Å². The Balaban J connectivity index is 5.15. The lowest BCUT2D eigenvalue weighted by atomic mass is 10.0. The Hall–Kier alpha value is -2.92. The van der Waals surface area contributed by atoms with Crippen molar-refractivity contribution < 1.29 is 109 Å². The van der Waals surface area contributed by atoms with E-state index in [0.29, 0.717) is 204 Å². The van der Waals surface area contributed by atoms with Gasteiger partial charge in [-0.2, -0.15) is 0 Å². The van der Waals surface area contributed by atoms with Crippen LogP contribution in [0.3, 0.4) is 0 Å². The first-order chi connectivity index (χ1) is 38.8. The summed E-state index contributed by atoms with van der Waals surface area (Å²) in [5.74, 6) is -0.586. The fourth-order valence-corrected chi connectivity index (χ4v) is 6.02. The Kier molecular flexibility index (Phi) is 60.4. The number of methoxy groups -OCH3 is 3. The van der Waals surface area contributed by atoms with Crippen molar-refractivity contribution in [2.24, 2.45) is 5.73 Å². The molecular weight excluding hydrogens is 1050 g/mol. The van der Waals surface area contributed by atoms with Crippen LogP contribution in [-0.2, 0) is 109 Å². The van der Waals surface area contributed by atoms with Crippen LogP contribution in [-0.4, -0.2) is 308 Å². The summed E-state index contributed by atoms with van der Waals surface area (Å²) in [4.78, 5) is 48.4. The zero-order valence-electron chi connectivity index (χ0n) is 47.9. The van der Waals surface area contributed by atoms with Gasteiger partial charge in [-0.25, -0.2) is 0 Å². The maximum atomic E-state index is 13.5. The van der Waals surface area contributed by atoms with Crippen LogP contribution in [0.4, 0.5) is 0 Å². The number of carbonyl (C=O) groups is 4. The average Bonchev–Trinajstić information content (AvgIpc) is 3.45. The van der Waals surface area contributed by atoms with E-state index in [2.05, 4.69) is 21.3 Å². The summed E-state index contributed by atoms with van der Waals surface area (Å²) in [6.07, 6.45) is 0.953. The van der Waals surface area contributed by atoms with E-state index in [1.54, 1.807) is 21.3 Å². The van der Waals surface area contributed by atoms with Gasteiger partial charge in [0.25, 0.3) is 0 Å². The third-order valence-electron chi connectivity index (χ3n) is 10.0. The molecule has 0 spiro atoms. The van der Waals surface area contributed by atoms with Crippen molar-refractivity contribution in [3.8, 4) is 0 Å². The van der Waals surface area contributed by atoms with E-state index >= 15 is 0 Å². The van der Waals surface area contributed by atoms with Crippen molar-refractivity contribution in [1.82, 2.24) is 21.3 Å². The third kappa shape index (κ3) is 58.1. The normalized spacial score (nSPS) is 11.6. The quantitative estimate of drug-likeness (QED) is 0.0408. The molecule has 0 aliphatic rings. The van der Waals surface area contributed by atoms with E-state index in [-0.39, 0.29) is 103 Å². The van der Waals surface area contributed by atoms with E-state index in [1.807, 2.05) is 0 Å². The van der Waals surface area contributed by atoms with Crippen molar-refractivity contribution in [3.63, 3.8) is 0 Å². The summed E-state index contributed by atoms with van der Waals surface area (Å²) in [6, 6.07) is 0. The minimum absolute atomic E-state index is 0.0204. The van der Waals surface area contributed by atoms with Crippen LogP contribution in [0.5, 0.6) is 0 Å². The molecule has 0 radical (unpaired) electrons. The number of hydrogen-bond donors (Lipinski definition) is 5. The zero-order chi connectivity index (χ0) is 57.5. The fourth-order valence-electron chi connectivity index (χ4n) is 6.02. The van der Waals surface area contributed by atoms with Gasteiger partial charge in [0.2, 0.25) is 23.6 Å². The van der Waals surface area contributed by atoms with Gasteiger partial charge in [0.15, 0.2) is 0 Å². The number of hydrogen-bond acceptors (Lipinski definition) is 24. The van der Waals surface area contributed by atoms with Crippen LogP contribution < -0.4 is 27.0 Å². The van der Waals surface area contributed by atoms with Gasteiger partial charge in [-0.15, -0.1) is 0 Å². The van der Waals surface area contributed by atoms with Gasteiger partial charge in [0, 0.05) is 73.2 Å². The van der Waals surface area contributed by atoms with Crippen LogP contribution >= 0.6 is 0 Å². The molecule has 0 aromatic heterocycles. The van der Waals surface area contributed by atoms with Crippen molar-refractivity contribution in [2.45, 2.75) is 31.2 Å². The van der Waals surface area contributed by atoms with Crippen molar-refractivity contribution in [3.05, 3.63) is 0 Å². The number of ether oxygens (including phenoxy) is 19. The summed E-state index contributed by atoms with van der Waals surface area (Å²) in [6.45, 7) is 12.5. The smallest absolute Gasteiger partial charge is 0.222 e. The molecule has 0 aromatic carbocycles. The first-order valence-electron chi connectivity index (χ1n) is 27.3. The lowest BCUT2D eigenvalue weighted by Crippen LogP contribution is -2.59. The largest absolute Gasteiger partial charge is 0.384 e. The summed E-state index contributed by atoms with van der Waals surface area (Å²) in [5, 5.41) is 11.4. The van der Waals surface area contributed by atoms with Crippen molar-refractivity contribution in [2.75, 3.05) is 279 Å². The van der Waals surface area contributed by atoms with Gasteiger partial charge < -0.3 is 117 Å². The van der Waals surface area contributed by atoms with Crippen LogP contribution in [0, 0.1) is 0 Å². The Labute approximate surface area is 468 Å². The van der Waals surface area contributed by atoms with Crippen molar-refractivity contribution in [1.29, 1.82) is 0 Å². The van der Waals surface area contributed by atoms with E-state index in [9.17, 15) is 19.2 Å². The number of carbonyl (C=O) groups excluding carboxylic acids is 4. The molecule has 0 saturated carbocycles. The maximum Gasteiger partial charge on any atom is 0.222 e. The molecule has 0 aliphatic carbocycles. The van der Waals surface area contributed by atoms with Crippen LogP contribution in [0.1, 0.15) is 25.7 Å². The first-order valence-corrected chi connectivity index (χ1v) is 27.3. The van der Waals surface area contributed by atoms with Gasteiger partial charge in [0.05, 0.1) is 231 Å². The van der Waals surface area contributed by atoms with Crippen LogP contribution in [0.25, 0.3) is 0 Å². The number of nitrogens with one attached hydrogen (secondary N) is 4. The maximum absolute atomic E-state index is 13.5. The second-order valence-corrected chi connectivity index (χ2v) is 16.8. The molecule has 0 aliphatic heterocycles. The molecule has 79 heavy (non-hydrogen) atoms. The SMILES string of the molecule is COCCC(=O)NCCOCCOCCOCCOCC(COCCOCCOCCOCCNC(=O)CCOC)(COCCOCCOCCOCCNC(=O)CCOC)NC(=O)CCOCCOCCOCCOCCN. The topological polar surface area (TPSA) is 318 Å². The average molecular weight is 1150 g/mol. The molecular formula is C51H101N5O23. The predicted octanol–water partition coefficient (Wildman–Crippen LogP) is -2.09. The number of nitrogens with two attached hydrogens (primary N) is 1. The van der Waals surface area contributed by atoms with Gasteiger partial charge in [0.1, 0.15) is 5.54 Å². The molecule has 6 N–H and O–H groups in total. The molecule has 4 amide bonds. The highest BCUT2D eigenvalue weighted by Crippen LogP contribution is 2.11. The Morgan fingerprint density at radius 2 is 0.494 bits per heavy atom. The lowest BCUT2D eigenvalue weighted by Gasteiger charge is -2.34. The highest BCUT2D eigenvalue weighted by atomic mass is 16.6.